The molecule has 0 spiro atoms. The van der Waals surface area contributed by atoms with Crippen molar-refractivity contribution in [3.8, 4) is 0 Å². The van der Waals surface area contributed by atoms with Gasteiger partial charge in [0.15, 0.2) is 5.16 Å². The minimum absolute atomic E-state index is 0.00612. The van der Waals surface area contributed by atoms with Gasteiger partial charge in [0.1, 0.15) is 0 Å². The number of carbonyl (C=O) groups is 1. The fourth-order valence-electron chi connectivity index (χ4n) is 2.05. The van der Waals surface area contributed by atoms with Crippen molar-refractivity contribution < 1.29 is 9.90 Å². The molecule has 2 aromatic rings. The van der Waals surface area contributed by atoms with Gasteiger partial charge in [-0.3, -0.25) is 4.79 Å². The molecule has 0 saturated carbocycles. The number of rotatable bonds is 8. The van der Waals surface area contributed by atoms with Gasteiger partial charge in [-0.05, 0) is 18.4 Å². The lowest BCUT2D eigenvalue weighted by Crippen LogP contribution is -2.26. The Balaban J connectivity index is 1.64. The number of hydrogen-bond donors (Lipinski definition) is 2. The summed E-state index contributed by atoms with van der Waals surface area (Å²) < 4.78 is 1.80. The summed E-state index contributed by atoms with van der Waals surface area (Å²) in [6, 6.07) is 10.2. The van der Waals surface area contributed by atoms with E-state index in [0.29, 0.717) is 12.3 Å². The Morgan fingerprint density at radius 3 is 2.82 bits per heavy atom. The summed E-state index contributed by atoms with van der Waals surface area (Å²) in [5.41, 5.74) is 2.03. The molecular weight excluding hydrogens is 298 g/mol. The molecule has 0 aliphatic heterocycles. The molecule has 0 aliphatic rings. The average Bonchev–Trinajstić information content (AvgIpc) is 2.90. The first kappa shape index (κ1) is 16.6. The number of nitrogens with zero attached hydrogens (tertiary/aromatic N) is 2. The van der Waals surface area contributed by atoms with Crippen LogP contribution < -0.4 is 5.32 Å². The summed E-state index contributed by atoms with van der Waals surface area (Å²) >= 11 is 1.37. The molecule has 0 aliphatic carbocycles. The number of benzene rings is 1. The van der Waals surface area contributed by atoms with Gasteiger partial charge in [0, 0.05) is 13.6 Å². The molecule has 6 heteroatoms. The van der Waals surface area contributed by atoms with Crippen LogP contribution in [-0.2, 0) is 24.9 Å². The Morgan fingerprint density at radius 1 is 1.36 bits per heavy atom. The number of thioether (sulfide) groups is 1. The normalized spacial score (nSPS) is 10.6. The van der Waals surface area contributed by atoms with Gasteiger partial charge in [-0.25, -0.2) is 4.98 Å². The predicted molar refractivity (Wildman–Crippen MR) is 87.6 cm³/mol. The van der Waals surface area contributed by atoms with Crippen molar-refractivity contribution in [3.63, 3.8) is 0 Å². The second-order valence-electron chi connectivity index (χ2n) is 4.98. The molecule has 0 bridgehead atoms. The van der Waals surface area contributed by atoms with Gasteiger partial charge in [0.2, 0.25) is 5.91 Å². The number of aliphatic hydroxyl groups is 1. The predicted octanol–water partition coefficient (Wildman–Crippen LogP) is 1.75. The third-order valence-corrected chi connectivity index (χ3v) is 4.39. The average molecular weight is 319 g/mol. The molecule has 0 radical (unpaired) electrons. The van der Waals surface area contributed by atoms with Crippen molar-refractivity contribution in [3.05, 3.63) is 47.8 Å². The molecule has 1 amide bonds. The largest absolute Gasteiger partial charge is 0.390 e. The van der Waals surface area contributed by atoms with Crippen LogP contribution in [0.15, 0.2) is 41.7 Å². The Bertz CT molecular complexity index is 599. The van der Waals surface area contributed by atoms with Crippen LogP contribution in [0.2, 0.25) is 0 Å². The molecule has 1 heterocycles. The van der Waals surface area contributed by atoms with E-state index in [1.54, 1.807) is 10.8 Å². The Kier molecular flexibility index (Phi) is 6.48. The SMILES string of the molecule is Cn1c(CO)cnc1SCC(=O)NCCCc1ccccc1. The van der Waals surface area contributed by atoms with Crippen molar-refractivity contribution in [2.24, 2.45) is 7.05 Å². The number of nitrogens with one attached hydrogen (secondary N) is 1. The van der Waals surface area contributed by atoms with Crippen LogP contribution in [0.5, 0.6) is 0 Å². The van der Waals surface area contributed by atoms with Crippen molar-refractivity contribution in [1.82, 2.24) is 14.9 Å². The van der Waals surface area contributed by atoms with Crippen LogP contribution in [-0.4, -0.2) is 32.9 Å². The van der Waals surface area contributed by atoms with E-state index >= 15 is 0 Å². The topological polar surface area (TPSA) is 67.1 Å². The zero-order valence-corrected chi connectivity index (χ0v) is 13.5. The minimum atomic E-state index is -0.0459. The standard InChI is InChI=1S/C16H21N3O2S/c1-19-14(11-20)10-18-16(19)22-12-15(21)17-9-5-8-13-6-3-2-4-7-13/h2-4,6-7,10,20H,5,8-9,11-12H2,1H3,(H,17,21). The Labute approximate surface area is 134 Å². The van der Waals surface area contributed by atoms with Gasteiger partial charge >= 0.3 is 0 Å². The van der Waals surface area contributed by atoms with Gasteiger partial charge in [-0.15, -0.1) is 0 Å². The van der Waals surface area contributed by atoms with Crippen molar-refractivity contribution >= 4 is 17.7 Å². The summed E-state index contributed by atoms with van der Waals surface area (Å²) in [4.78, 5) is 16.0. The van der Waals surface area contributed by atoms with Crippen molar-refractivity contribution in [1.29, 1.82) is 0 Å². The van der Waals surface area contributed by atoms with Crippen LogP contribution >= 0.6 is 11.8 Å². The molecule has 2 N–H and O–H groups in total. The molecule has 5 nitrogen and oxygen atoms in total. The zero-order chi connectivity index (χ0) is 15.8. The van der Waals surface area contributed by atoms with Crippen LogP contribution in [0, 0.1) is 0 Å². The van der Waals surface area contributed by atoms with E-state index < -0.39 is 0 Å². The van der Waals surface area contributed by atoms with Crippen LogP contribution in [0.4, 0.5) is 0 Å². The van der Waals surface area contributed by atoms with Crippen molar-refractivity contribution in [2.75, 3.05) is 12.3 Å². The molecule has 118 valence electrons. The molecular formula is C16H21N3O2S. The second kappa shape index (κ2) is 8.60. The van der Waals surface area contributed by atoms with Gasteiger partial charge < -0.3 is 15.0 Å². The highest BCUT2D eigenvalue weighted by Crippen LogP contribution is 2.16. The summed E-state index contributed by atoms with van der Waals surface area (Å²) in [5, 5.41) is 12.8. The van der Waals surface area contributed by atoms with E-state index in [1.165, 1.54) is 17.3 Å². The molecule has 1 aromatic heterocycles. The van der Waals surface area contributed by atoms with Crippen LogP contribution in [0.1, 0.15) is 17.7 Å². The highest BCUT2D eigenvalue weighted by molar-refractivity contribution is 7.99. The maximum absolute atomic E-state index is 11.8. The first-order valence-electron chi connectivity index (χ1n) is 7.25. The van der Waals surface area contributed by atoms with Crippen LogP contribution in [0.3, 0.4) is 0 Å². The summed E-state index contributed by atoms with van der Waals surface area (Å²) in [5.74, 6) is 0.341. The number of imidazole rings is 1. The number of aryl methyl sites for hydroxylation is 1. The molecule has 1 aromatic carbocycles. The monoisotopic (exact) mass is 319 g/mol. The first-order valence-corrected chi connectivity index (χ1v) is 8.24. The van der Waals surface area contributed by atoms with Gasteiger partial charge in [0.05, 0.1) is 24.3 Å². The van der Waals surface area contributed by atoms with Gasteiger partial charge in [0.25, 0.3) is 0 Å². The highest BCUT2D eigenvalue weighted by atomic mass is 32.2. The molecule has 22 heavy (non-hydrogen) atoms. The van der Waals surface area contributed by atoms with E-state index in [-0.39, 0.29) is 12.5 Å². The lowest BCUT2D eigenvalue weighted by molar-refractivity contribution is -0.118. The minimum Gasteiger partial charge on any atom is -0.390 e. The van der Waals surface area contributed by atoms with Gasteiger partial charge in [-0.2, -0.15) is 0 Å². The van der Waals surface area contributed by atoms with E-state index in [1.807, 2.05) is 25.2 Å². The van der Waals surface area contributed by atoms with Crippen molar-refractivity contribution in [2.45, 2.75) is 24.6 Å². The fraction of sp³-hybridized carbons (Fsp3) is 0.375. The molecule has 0 fully saturated rings. The maximum atomic E-state index is 11.8. The number of aliphatic hydroxyl groups excluding tert-OH is 1. The number of hydrogen-bond acceptors (Lipinski definition) is 4. The third-order valence-electron chi connectivity index (χ3n) is 3.34. The number of aromatic nitrogens is 2. The number of amides is 1. The van der Waals surface area contributed by atoms with E-state index in [9.17, 15) is 4.79 Å². The van der Waals surface area contributed by atoms with E-state index in [2.05, 4.69) is 22.4 Å². The molecule has 0 unspecified atom stereocenters. The zero-order valence-electron chi connectivity index (χ0n) is 12.7. The highest BCUT2D eigenvalue weighted by Gasteiger charge is 2.08. The lowest BCUT2D eigenvalue weighted by Gasteiger charge is -2.06. The molecule has 2 rings (SSSR count). The third kappa shape index (κ3) is 4.89. The lowest BCUT2D eigenvalue weighted by atomic mass is 10.1. The maximum Gasteiger partial charge on any atom is 0.230 e. The fourth-order valence-corrected chi connectivity index (χ4v) is 2.85. The Hall–Kier alpha value is -1.79. The van der Waals surface area contributed by atoms with E-state index in [4.69, 9.17) is 5.11 Å². The molecule has 0 saturated heterocycles. The Morgan fingerprint density at radius 2 is 2.14 bits per heavy atom. The van der Waals surface area contributed by atoms with Crippen LogP contribution in [0.25, 0.3) is 0 Å². The first-order chi connectivity index (χ1) is 10.7. The molecule has 0 atom stereocenters. The quantitative estimate of drug-likeness (QED) is 0.575. The summed E-state index contributed by atoms with van der Waals surface area (Å²) in [7, 11) is 1.83. The summed E-state index contributed by atoms with van der Waals surface area (Å²) in [6.45, 7) is 0.631. The summed E-state index contributed by atoms with van der Waals surface area (Å²) in [6.07, 6.45) is 3.52. The second-order valence-corrected chi connectivity index (χ2v) is 5.92. The smallest absolute Gasteiger partial charge is 0.230 e. The van der Waals surface area contributed by atoms with E-state index in [0.717, 1.165) is 23.7 Å². The number of carbonyl (C=O) groups excluding carboxylic acids is 1. The van der Waals surface area contributed by atoms with Gasteiger partial charge in [-0.1, -0.05) is 42.1 Å².